The predicted octanol–water partition coefficient (Wildman–Crippen LogP) is 2.47. The molecule has 3 nitrogen and oxygen atoms in total. The van der Waals surface area contributed by atoms with Crippen LogP contribution in [-0.2, 0) is 9.84 Å². The van der Waals surface area contributed by atoms with Crippen molar-refractivity contribution in [3.63, 3.8) is 0 Å². The largest absolute Gasteiger partial charge is 0.309 e. The zero-order valence-corrected chi connectivity index (χ0v) is 12.3. The van der Waals surface area contributed by atoms with E-state index in [-0.39, 0.29) is 17.5 Å². The van der Waals surface area contributed by atoms with Crippen molar-refractivity contribution >= 4 is 9.84 Å². The van der Waals surface area contributed by atoms with Crippen molar-refractivity contribution in [3.8, 4) is 0 Å². The fraction of sp³-hybridized carbons (Fsp3) is 0.571. The van der Waals surface area contributed by atoms with E-state index in [4.69, 9.17) is 0 Å². The lowest BCUT2D eigenvalue weighted by Crippen LogP contribution is -2.27. The van der Waals surface area contributed by atoms with Crippen LogP contribution in [-0.4, -0.2) is 26.5 Å². The molecule has 1 aromatic carbocycles. The van der Waals surface area contributed by atoms with Gasteiger partial charge in [0.05, 0.1) is 5.75 Å². The molecule has 0 fully saturated rings. The molecule has 0 aliphatic heterocycles. The van der Waals surface area contributed by atoms with Crippen molar-refractivity contribution in [1.29, 1.82) is 0 Å². The summed E-state index contributed by atoms with van der Waals surface area (Å²) in [4.78, 5) is 0. The van der Waals surface area contributed by atoms with E-state index >= 15 is 0 Å². The van der Waals surface area contributed by atoms with E-state index in [2.05, 4.69) is 31.3 Å². The van der Waals surface area contributed by atoms with Crippen LogP contribution in [0.4, 0.5) is 0 Å². The molecular formula is C14H23NO2S. The normalized spacial score (nSPS) is 13.5. The van der Waals surface area contributed by atoms with Crippen LogP contribution in [0.3, 0.4) is 0 Å². The van der Waals surface area contributed by atoms with E-state index in [1.165, 1.54) is 11.1 Å². The Balaban J connectivity index is 2.48. The first-order valence-corrected chi connectivity index (χ1v) is 8.27. The Hall–Kier alpha value is -0.870. The second-order valence-electron chi connectivity index (χ2n) is 4.68. The molecular weight excluding hydrogens is 246 g/mol. The van der Waals surface area contributed by atoms with E-state index < -0.39 is 9.84 Å². The zero-order valence-electron chi connectivity index (χ0n) is 11.4. The molecule has 18 heavy (non-hydrogen) atoms. The molecule has 0 aliphatic rings. The monoisotopic (exact) mass is 269 g/mol. The van der Waals surface area contributed by atoms with E-state index in [0.717, 1.165) is 0 Å². The first kappa shape index (κ1) is 15.2. The number of aryl methyl sites for hydroxylation is 1. The van der Waals surface area contributed by atoms with Crippen LogP contribution in [0.25, 0.3) is 0 Å². The van der Waals surface area contributed by atoms with Gasteiger partial charge in [0.25, 0.3) is 0 Å². The molecule has 0 spiro atoms. The lowest BCUT2D eigenvalue weighted by molar-refractivity contribution is 0.570. The summed E-state index contributed by atoms with van der Waals surface area (Å²) in [5, 5.41) is 3.28. The molecule has 102 valence electrons. The number of nitrogens with one attached hydrogen (secondary N) is 1. The molecule has 0 saturated carbocycles. The lowest BCUT2D eigenvalue weighted by atomic mass is 10.0. The van der Waals surface area contributed by atoms with E-state index in [9.17, 15) is 8.42 Å². The van der Waals surface area contributed by atoms with Gasteiger partial charge < -0.3 is 5.32 Å². The predicted molar refractivity (Wildman–Crippen MR) is 76.5 cm³/mol. The topological polar surface area (TPSA) is 46.2 Å². The van der Waals surface area contributed by atoms with Crippen molar-refractivity contribution in [2.45, 2.75) is 33.2 Å². The second-order valence-corrected chi connectivity index (χ2v) is 6.99. The van der Waals surface area contributed by atoms with Gasteiger partial charge in [-0.3, -0.25) is 0 Å². The molecule has 0 amide bonds. The number of sulfone groups is 1. The van der Waals surface area contributed by atoms with Crippen molar-refractivity contribution < 1.29 is 8.42 Å². The minimum atomic E-state index is -2.88. The lowest BCUT2D eigenvalue weighted by Gasteiger charge is -2.16. The highest BCUT2D eigenvalue weighted by atomic mass is 32.2. The summed E-state index contributed by atoms with van der Waals surface area (Å²) >= 11 is 0. The van der Waals surface area contributed by atoms with Crippen LogP contribution >= 0.6 is 0 Å². The standard InChI is InChI=1S/C14H23NO2S/c1-4-10-18(16,17)11-9-15-13(3)14-8-6-5-7-12(14)2/h5-8,13,15H,4,9-11H2,1-3H3/t13-/m0/s1. The molecule has 0 unspecified atom stereocenters. The third-order valence-electron chi connectivity index (χ3n) is 3.03. The first-order chi connectivity index (χ1) is 8.46. The van der Waals surface area contributed by atoms with E-state index in [1.54, 1.807) is 0 Å². The Morgan fingerprint density at radius 3 is 2.50 bits per heavy atom. The Labute approximate surface area is 111 Å². The molecule has 0 heterocycles. The highest BCUT2D eigenvalue weighted by Crippen LogP contribution is 2.16. The first-order valence-electron chi connectivity index (χ1n) is 6.45. The van der Waals surface area contributed by atoms with Gasteiger partial charge in [-0.25, -0.2) is 8.42 Å². The zero-order chi connectivity index (χ0) is 13.6. The van der Waals surface area contributed by atoms with Gasteiger partial charge in [-0.05, 0) is 31.4 Å². The fourth-order valence-electron chi connectivity index (χ4n) is 2.03. The van der Waals surface area contributed by atoms with Gasteiger partial charge in [0.1, 0.15) is 0 Å². The Kier molecular flexibility index (Phi) is 5.82. The fourth-order valence-corrected chi connectivity index (χ4v) is 3.28. The average Bonchev–Trinajstić information content (AvgIpc) is 2.29. The molecule has 1 aromatic rings. The van der Waals surface area contributed by atoms with Crippen molar-refractivity contribution in [1.82, 2.24) is 5.32 Å². The molecule has 0 aliphatic carbocycles. The smallest absolute Gasteiger partial charge is 0.151 e. The number of hydrogen-bond donors (Lipinski definition) is 1. The van der Waals surface area contributed by atoms with E-state index in [0.29, 0.717) is 13.0 Å². The second kappa shape index (κ2) is 6.90. The summed E-state index contributed by atoms with van der Waals surface area (Å²) < 4.78 is 23.2. The van der Waals surface area contributed by atoms with Gasteiger partial charge >= 0.3 is 0 Å². The summed E-state index contributed by atoms with van der Waals surface area (Å²) in [6, 6.07) is 8.35. The van der Waals surface area contributed by atoms with Crippen LogP contribution in [0.1, 0.15) is 37.4 Å². The molecule has 0 radical (unpaired) electrons. The summed E-state index contributed by atoms with van der Waals surface area (Å²) in [5.74, 6) is 0.504. The highest BCUT2D eigenvalue weighted by Gasteiger charge is 2.11. The minimum absolute atomic E-state index is 0.183. The average molecular weight is 269 g/mol. The molecule has 4 heteroatoms. The van der Waals surface area contributed by atoms with Crippen molar-refractivity contribution in [3.05, 3.63) is 35.4 Å². The van der Waals surface area contributed by atoms with Crippen molar-refractivity contribution in [2.24, 2.45) is 0 Å². The third-order valence-corrected chi connectivity index (χ3v) is 4.89. The Bertz CT molecular complexity index is 468. The molecule has 0 bridgehead atoms. The summed E-state index contributed by atoms with van der Waals surface area (Å²) in [5.41, 5.74) is 2.46. The summed E-state index contributed by atoms with van der Waals surface area (Å²) in [7, 11) is -2.88. The molecule has 0 saturated heterocycles. The SMILES string of the molecule is CCCS(=O)(=O)CCN[C@@H](C)c1ccccc1C. The quantitative estimate of drug-likeness (QED) is 0.827. The van der Waals surface area contributed by atoms with Crippen LogP contribution in [0.5, 0.6) is 0 Å². The summed E-state index contributed by atoms with van der Waals surface area (Å²) in [6.45, 7) is 6.54. The Morgan fingerprint density at radius 1 is 1.22 bits per heavy atom. The van der Waals surface area contributed by atoms with Crippen molar-refractivity contribution in [2.75, 3.05) is 18.1 Å². The molecule has 0 aromatic heterocycles. The molecule has 1 rings (SSSR count). The maximum atomic E-state index is 11.6. The number of benzene rings is 1. The Morgan fingerprint density at radius 2 is 1.89 bits per heavy atom. The van der Waals surface area contributed by atoms with E-state index in [1.807, 2.05) is 19.1 Å². The van der Waals surface area contributed by atoms with Crippen LogP contribution in [0.2, 0.25) is 0 Å². The molecule has 1 atom stereocenters. The van der Waals surface area contributed by atoms with Crippen LogP contribution in [0, 0.1) is 6.92 Å². The van der Waals surface area contributed by atoms with Crippen LogP contribution < -0.4 is 5.32 Å². The third kappa shape index (κ3) is 4.78. The van der Waals surface area contributed by atoms with Gasteiger partial charge in [-0.1, -0.05) is 31.2 Å². The van der Waals surface area contributed by atoms with Gasteiger partial charge in [0.2, 0.25) is 0 Å². The van der Waals surface area contributed by atoms with Gasteiger partial charge in [0.15, 0.2) is 9.84 Å². The van der Waals surface area contributed by atoms with Crippen LogP contribution in [0.15, 0.2) is 24.3 Å². The van der Waals surface area contributed by atoms with Gasteiger partial charge in [-0.15, -0.1) is 0 Å². The minimum Gasteiger partial charge on any atom is -0.309 e. The maximum Gasteiger partial charge on any atom is 0.151 e. The van der Waals surface area contributed by atoms with Gasteiger partial charge in [0, 0.05) is 18.3 Å². The van der Waals surface area contributed by atoms with Gasteiger partial charge in [-0.2, -0.15) is 0 Å². The number of hydrogen-bond acceptors (Lipinski definition) is 3. The number of rotatable bonds is 7. The molecule has 1 N–H and O–H groups in total. The highest BCUT2D eigenvalue weighted by molar-refractivity contribution is 7.91. The summed E-state index contributed by atoms with van der Waals surface area (Å²) in [6.07, 6.45) is 0.690. The maximum absolute atomic E-state index is 11.6.